The van der Waals surface area contributed by atoms with E-state index in [1.807, 2.05) is 0 Å². The van der Waals surface area contributed by atoms with Gasteiger partial charge in [0.05, 0.1) is 0 Å². The van der Waals surface area contributed by atoms with Crippen molar-refractivity contribution in [2.24, 2.45) is 0 Å². The van der Waals surface area contributed by atoms with Gasteiger partial charge in [0.25, 0.3) is 10.1 Å². The van der Waals surface area contributed by atoms with E-state index in [9.17, 15) is 18.3 Å². The van der Waals surface area contributed by atoms with Gasteiger partial charge in [-0.3, -0.25) is 4.55 Å². The van der Waals surface area contributed by atoms with Gasteiger partial charge in [0, 0.05) is 17.0 Å². The molecule has 2 N–H and O–H groups in total. The van der Waals surface area contributed by atoms with Crippen molar-refractivity contribution in [2.45, 2.75) is 12.7 Å². The third-order valence-electron chi connectivity index (χ3n) is 2.56. The molecule has 2 rings (SSSR count). The first kappa shape index (κ1) is 16.2. The van der Waals surface area contributed by atoms with E-state index in [1.54, 1.807) is 0 Å². The number of phenols is 1. The molecule has 0 bridgehead atoms. The molecule has 0 amide bonds. The topological polar surface area (TPSA) is 105 Å². The molecule has 0 atom stereocenters. The number of aromatic hydroxyl groups is 1. The van der Waals surface area contributed by atoms with E-state index in [-0.39, 0.29) is 46.5 Å². The maximum absolute atomic E-state index is 11.3. The number of rotatable bonds is 2. The molecule has 1 heterocycles. The van der Waals surface area contributed by atoms with E-state index in [4.69, 9.17) is 8.97 Å². The molecule has 0 aliphatic carbocycles. The predicted molar refractivity (Wildman–Crippen MR) is 71.3 cm³/mol. The second-order valence-corrected chi connectivity index (χ2v) is 5.36. The fourth-order valence-corrected chi connectivity index (χ4v) is 2.36. The Kier molecular flexibility index (Phi) is 4.81. The van der Waals surface area contributed by atoms with Gasteiger partial charge in [-0.2, -0.15) is 8.42 Å². The Labute approximate surface area is 131 Å². The van der Waals surface area contributed by atoms with Gasteiger partial charge in [-0.15, -0.1) is 0 Å². The second-order valence-electron chi connectivity index (χ2n) is 3.90. The van der Waals surface area contributed by atoms with Gasteiger partial charge in [0.1, 0.15) is 17.1 Å². The molecule has 1 aromatic carbocycles. The fraction of sp³-hybridized carbons (Fsp3) is 0.182. The number of hydrogen-bond acceptors (Lipinski definition) is 5. The van der Waals surface area contributed by atoms with Crippen LogP contribution in [0.3, 0.4) is 0 Å². The van der Waals surface area contributed by atoms with Gasteiger partial charge in [-0.25, -0.2) is 4.79 Å². The molecule has 0 saturated heterocycles. The quantitative estimate of drug-likeness (QED) is 0.476. The van der Waals surface area contributed by atoms with Gasteiger partial charge in [-0.1, -0.05) is 0 Å². The van der Waals surface area contributed by atoms with Crippen LogP contribution in [0.25, 0.3) is 11.0 Å². The first-order chi connectivity index (χ1) is 8.28. The van der Waals surface area contributed by atoms with E-state index in [1.165, 1.54) is 19.1 Å². The number of hydrogen-bond donors (Lipinski definition) is 2. The van der Waals surface area contributed by atoms with Crippen LogP contribution in [0.4, 0.5) is 0 Å². The van der Waals surface area contributed by atoms with E-state index in [0.29, 0.717) is 10.9 Å². The summed E-state index contributed by atoms with van der Waals surface area (Å²) in [5.74, 6) is -0.742. The van der Waals surface area contributed by atoms with Gasteiger partial charge in [0.2, 0.25) is 0 Å². The Bertz CT molecular complexity index is 778. The molecular weight excluding hydrogens is 283 g/mol. The van der Waals surface area contributed by atoms with Crippen molar-refractivity contribution < 1.29 is 22.5 Å². The van der Waals surface area contributed by atoms with E-state index in [0.717, 1.165) is 6.07 Å². The van der Waals surface area contributed by atoms with E-state index >= 15 is 0 Å². The van der Waals surface area contributed by atoms with Crippen LogP contribution in [0.2, 0.25) is 0 Å². The maximum atomic E-state index is 11.3. The molecule has 0 spiro atoms. The van der Waals surface area contributed by atoms with Crippen molar-refractivity contribution in [3.05, 3.63) is 39.7 Å². The Morgan fingerprint density at radius 3 is 2.53 bits per heavy atom. The summed E-state index contributed by atoms with van der Waals surface area (Å²) in [6, 6.07) is 3.80. The molecule has 0 fully saturated rings. The summed E-state index contributed by atoms with van der Waals surface area (Å²) in [5.41, 5.74) is -0.162. The zero-order chi connectivity index (χ0) is 13.5. The van der Waals surface area contributed by atoms with Crippen LogP contribution in [0.15, 0.2) is 27.4 Å². The number of benzene rings is 1. The third kappa shape index (κ3) is 3.58. The Hall–Kier alpha value is -0.860. The molecule has 0 radical (unpaired) electrons. The van der Waals surface area contributed by atoms with Crippen molar-refractivity contribution in [1.29, 1.82) is 0 Å². The van der Waals surface area contributed by atoms with Crippen LogP contribution in [0, 0.1) is 6.92 Å². The number of aryl methyl sites for hydroxylation is 1. The van der Waals surface area contributed by atoms with Crippen LogP contribution in [-0.4, -0.2) is 47.6 Å². The second kappa shape index (κ2) is 5.64. The predicted octanol–water partition coefficient (Wildman–Crippen LogP) is 0.546. The summed E-state index contributed by atoms with van der Waals surface area (Å²) in [4.78, 5) is 11.3. The molecule has 2 aromatic rings. The van der Waals surface area contributed by atoms with Crippen molar-refractivity contribution in [3.8, 4) is 5.75 Å². The minimum atomic E-state index is -4.25. The van der Waals surface area contributed by atoms with Crippen molar-refractivity contribution >= 4 is 50.6 Å². The van der Waals surface area contributed by atoms with Crippen molar-refractivity contribution in [2.75, 3.05) is 0 Å². The normalized spacial score (nSPS) is 11.3. The first-order valence-electron chi connectivity index (χ1n) is 4.98. The Morgan fingerprint density at radius 1 is 1.32 bits per heavy atom. The number of fused-ring (bicyclic) bond motifs is 1. The third-order valence-corrected chi connectivity index (χ3v) is 3.23. The van der Waals surface area contributed by atoms with E-state index in [2.05, 4.69) is 0 Å². The van der Waals surface area contributed by atoms with Gasteiger partial charge in [0.15, 0.2) is 0 Å². The van der Waals surface area contributed by atoms with Gasteiger partial charge in [-0.05, 0) is 24.6 Å². The van der Waals surface area contributed by atoms with Crippen LogP contribution in [0.5, 0.6) is 5.75 Å². The van der Waals surface area contributed by atoms with Crippen LogP contribution in [0.1, 0.15) is 11.1 Å². The summed E-state index contributed by atoms with van der Waals surface area (Å²) in [6.45, 7) is 1.54. The standard InChI is InChI=1S/C11H10O6S.Na.H/c1-6-9(12)3-2-8-7(5-18(14,15)16)4-10(13)17-11(6)8;;/h2-4,12H,5H2,1H3,(H,14,15,16);;. The molecule has 19 heavy (non-hydrogen) atoms. The molecule has 98 valence electrons. The molecule has 8 heteroatoms. The molecule has 0 aliphatic heterocycles. The summed E-state index contributed by atoms with van der Waals surface area (Å²) >= 11 is 0. The van der Waals surface area contributed by atoms with Gasteiger partial charge < -0.3 is 9.52 Å². The van der Waals surface area contributed by atoms with Crippen LogP contribution < -0.4 is 5.63 Å². The molecule has 0 unspecified atom stereocenters. The van der Waals surface area contributed by atoms with Gasteiger partial charge >= 0.3 is 35.2 Å². The Morgan fingerprint density at radius 2 is 1.95 bits per heavy atom. The summed E-state index contributed by atoms with van der Waals surface area (Å²) in [6.07, 6.45) is 0. The zero-order valence-electron chi connectivity index (χ0n) is 9.37. The summed E-state index contributed by atoms with van der Waals surface area (Å²) < 4.78 is 35.5. The fourth-order valence-electron chi connectivity index (χ4n) is 1.73. The molecule has 1 aromatic heterocycles. The number of phenolic OH excluding ortho intramolecular Hbond substituents is 1. The van der Waals surface area contributed by atoms with Crippen LogP contribution in [-0.2, 0) is 15.9 Å². The average molecular weight is 294 g/mol. The van der Waals surface area contributed by atoms with E-state index < -0.39 is 21.5 Å². The minimum absolute atomic E-state index is 0. The average Bonchev–Trinajstić information content (AvgIpc) is 2.21. The van der Waals surface area contributed by atoms with Crippen molar-refractivity contribution in [1.82, 2.24) is 0 Å². The van der Waals surface area contributed by atoms with Crippen LogP contribution >= 0.6 is 0 Å². The molecular formula is C11H11NaO6S. The molecule has 6 nitrogen and oxygen atoms in total. The molecule has 0 aliphatic rings. The SMILES string of the molecule is Cc1c(O)ccc2c(CS(=O)(=O)O)cc(=O)oc12.[NaH]. The zero-order valence-corrected chi connectivity index (χ0v) is 10.2. The summed E-state index contributed by atoms with van der Waals surface area (Å²) in [5, 5.41) is 9.87. The molecule has 0 saturated carbocycles. The van der Waals surface area contributed by atoms with Crippen molar-refractivity contribution in [3.63, 3.8) is 0 Å². The first-order valence-corrected chi connectivity index (χ1v) is 6.59. The Balaban J connectivity index is 0.00000180. The summed E-state index contributed by atoms with van der Waals surface area (Å²) in [7, 11) is -4.25. The monoisotopic (exact) mass is 294 g/mol.